The van der Waals surface area contributed by atoms with Gasteiger partial charge < -0.3 is 15.6 Å². The van der Waals surface area contributed by atoms with E-state index in [2.05, 4.69) is 4.74 Å². The molecule has 6 heteroatoms. The molecular weight excluding hydrogens is 276 g/mol. The minimum absolute atomic E-state index is 0. The lowest BCUT2D eigenvalue weighted by Gasteiger charge is -2.34. The first-order chi connectivity index (χ1) is 8.59. The van der Waals surface area contributed by atoms with Crippen LogP contribution in [0.15, 0.2) is 24.3 Å². The number of benzene rings is 1. The molecule has 1 saturated carbocycles. The number of rotatable bonds is 5. The summed E-state index contributed by atoms with van der Waals surface area (Å²) in [6.45, 7) is -2.89. The lowest BCUT2D eigenvalue weighted by molar-refractivity contribution is -0.0515. The third-order valence-corrected chi connectivity index (χ3v) is 3.49. The normalized spacial score (nSPS) is 18.4. The highest BCUT2D eigenvalue weighted by Crippen LogP contribution is 2.36. The van der Waals surface area contributed by atoms with Gasteiger partial charge in [-0.3, -0.25) is 0 Å². The standard InChI is InChI=1S/C13H17F2NO2.ClH/c14-13(15)18-10-7-2-1-6-9(10)11(16)12(17)8-4-3-5-8;/h1-2,6-8,11-13,17H,3-5,16H2;1H/t11-,12+;/m0./s1. The van der Waals surface area contributed by atoms with Gasteiger partial charge in [-0.15, -0.1) is 12.4 Å². The van der Waals surface area contributed by atoms with Crippen molar-refractivity contribution in [2.75, 3.05) is 0 Å². The molecule has 0 unspecified atom stereocenters. The largest absolute Gasteiger partial charge is 0.434 e. The molecule has 1 fully saturated rings. The van der Waals surface area contributed by atoms with Gasteiger partial charge in [0.25, 0.3) is 0 Å². The molecule has 19 heavy (non-hydrogen) atoms. The lowest BCUT2D eigenvalue weighted by Crippen LogP contribution is -2.36. The molecule has 1 aliphatic rings. The molecule has 0 radical (unpaired) electrons. The Morgan fingerprint density at radius 3 is 2.42 bits per heavy atom. The summed E-state index contributed by atoms with van der Waals surface area (Å²) >= 11 is 0. The zero-order valence-electron chi connectivity index (χ0n) is 10.3. The minimum atomic E-state index is -2.89. The summed E-state index contributed by atoms with van der Waals surface area (Å²) in [4.78, 5) is 0. The number of para-hydroxylation sites is 1. The highest BCUT2D eigenvalue weighted by Gasteiger charge is 2.32. The first kappa shape index (κ1) is 16.1. The number of nitrogens with two attached hydrogens (primary N) is 1. The number of aliphatic hydroxyl groups is 1. The van der Waals surface area contributed by atoms with E-state index in [0.29, 0.717) is 5.56 Å². The van der Waals surface area contributed by atoms with Crippen molar-refractivity contribution in [1.29, 1.82) is 0 Å². The number of hydrogen-bond acceptors (Lipinski definition) is 3. The Morgan fingerprint density at radius 1 is 1.26 bits per heavy atom. The highest BCUT2D eigenvalue weighted by molar-refractivity contribution is 5.85. The molecule has 2 rings (SSSR count). The van der Waals surface area contributed by atoms with Gasteiger partial charge in [-0.1, -0.05) is 24.6 Å². The van der Waals surface area contributed by atoms with E-state index in [1.807, 2.05) is 0 Å². The molecule has 3 nitrogen and oxygen atoms in total. The van der Waals surface area contributed by atoms with Crippen LogP contribution in [0.5, 0.6) is 5.75 Å². The second-order valence-corrected chi connectivity index (χ2v) is 4.62. The average molecular weight is 294 g/mol. The van der Waals surface area contributed by atoms with Crippen LogP contribution in [0.4, 0.5) is 8.78 Å². The van der Waals surface area contributed by atoms with Gasteiger partial charge in [-0.05, 0) is 24.8 Å². The van der Waals surface area contributed by atoms with Crippen LogP contribution < -0.4 is 10.5 Å². The van der Waals surface area contributed by atoms with Gasteiger partial charge in [0.15, 0.2) is 0 Å². The molecule has 0 bridgehead atoms. The van der Waals surface area contributed by atoms with Gasteiger partial charge in [0.2, 0.25) is 0 Å². The van der Waals surface area contributed by atoms with Gasteiger partial charge in [0.1, 0.15) is 5.75 Å². The van der Waals surface area contributed by atoms with Crippen molar-refractivity contribution in [1.82, 2.24) is 0 Å². The second kappa shape index (κ2) is 7.03. The number of hydrogen-bond donors (Lipinski definition) is 2. The maximum Gasteiger partial charge on any atom is 0.387 e. The summed E-state index contributed by atoms with van der Waals surface area (Å²) in [7, 11) is 0. The Hall–Kier alpha value is -0.910. The zero-order chi connectivity index (χ0) is 13.1. The van der Waals surface area contributed by atoms with Gasteiger partial charge in [0, 0.05) is 5.56 Å². The van der Waals surface area contributed by atoms with E-state index < -0.39 is 18.8 Å². The summed E-state index contributed by atoms with van der Waals surface area (Å²) in [6, 6.07) is 5.66. The van der Waals surface area contributed by atoms with Crippen molar-refractivity contribution >= 4 is 12.4 Å². The van der Waals surface area contributed by atoms with E-state index in [4.69, 9.17) is 5.73 Å². The summed E-state index contributed by atoms with van der Waals surface area (Å²) in [5.74, 6) is 0.206. The number of alkyl halides is 2. The maximum atomic E-state index is 12.3. The molecule has 0 aliphatic heterocycles. The van der Waals surface area contributed by atoms with Crippen molar-refractivity contribution in [3.8, 4) is 5.75 Å². The van der Waals surface area contributed by atoms with Crippen molar-refractivity contribution in [2.24, 2.45) is 11.7 Å². The molecule has 1 aromatic carbocycles. The van der Waals surface area contributed by atoms with Crippen LogP contribution in [0, 0.1) is 5.92 Å². The predicted molar refractivity (Wildman–Crippen MR) is 70.6 cm³/mol. The Bertz CT molecular complexity index is 402. The maximum absolute atomic E-state index is 12.3. The molecule has 0 spiro atoms. The average Bonchev–Trinajstić information content (AvgIpc) is 2.25. The van der Waals surface area contributed by atoms with Crippen LogP contribution in [-0.2, 0) is 0 Å². The smallest absolute Gasteiger partial charge is 0.387 e. The summed E-state index contributed by atoms with van der Waals surface area (Å²) in [5, 5.41) is 10.1. The third kappa shape index (κ3) is 3.78. The molecule has 1 aliphatic carbocycles. The quantitative estimate of drug-likeness (QED) is 0.878. The molecular formula is C13H18ClF2NO2. The predicted octanol–water partition coefficient (Wildman–Crippen LogP) is 2.87. The molecule has 108 valence electrons. The van der Waals surface area contributed by atoms with Crippen molar-refractivity contribution < 1.29 is 18.6 Å². The summed E-state index contributed by atoms with van der Waals surface area (Å²) in [6.07, 6.45) is 2.25. The molecule has 0 amide bonds. The van der Waals surface area contributed by atoms with Gasteiger partial charge in [-0.25, -0.2) is 0 Å². The Kier molecular flexibility index (Phi) is 5.97. The molecule has 0 saturated heterocycles. The van der Waals surface area contributed by atoms with E-state index in [0.717, 1.165) is 19.3 Å². The topological polar surface area (TPSA) is 55.5 Å². The van der Waals surface area contributed by atoms with E-state index >= 15 is 0 Å². The van der Waals surface area contributed by atoms with Crippen LogP contribution in [0.1, 0.15) is 30.9 Å². The number of aliphatic hydroxyl groups excluding tert-OH is 1. The van der Waals surface area contributed by atoms with Crippen LogP contribution in [-0.4, -0.2) is 17.8 Å². The van der Waals surface area contributed by atoms with Crippen molar-refractivity contribution in [3.63, 3.8) is 0 Å². The Morgan fingerprint density at radius 2 is 1.89 bits per heavy atom. The highest BCUT2D eigenvalue weighted by atomic mass is 35.5. The first-order valence-corrected chi connectivity index (χ1v) is 6.07. The fraction of sp³-hybridized carbons (Fsp3) is 0.538. The van der Waals surface area contributed by atoms with E-state index in [9.17, 15) is 13.9 Å². The van der Waals surface area contributed by atoms with Gasteiger partial charge in [-0.2, -0.15) is 8.78 Å². The zero-order valence-corrected chi connectivity index (χ0v) is 11.2. The minimum Gasteiger partial charge on any atom is -0.434 e. The fourth-order valence-corrected chi connectivity index (χ4v) is 2.22. The van der Waals surface area contributed by atoms with E-state index in [1.54, 1.807) is 18.2 Å². The summed E-state index contributed by atoms with van der Waals surface area (Å²) in [5.41, 5.74) is 6.38. The molecule has 0 heterocycles. The van der Waals surface area contributed by atoms with Crippen LogP contribution in [0.3, 0.4) is 0 Å². The van der Waals surface area contributed by atoms with Crippen molar-refractivity contribution in [3.05, 3.63) is 29.8 Å². The number of ether oxygens (including phenoxy) is 1. The lowest BCUT2D eigenvalue weighted by atomic mass is 9.77. The Balaban J connectivity index is 0.00000180. The number of halogens is 3. The molecule has 1 aromatic rings. The van der Waals surface area contributed by atoms with Crippen LogP contribution in [0.25, 0.3) is 0 Å². The van der Waals surface area contributed by atoms with E-state index in [1.165, 1.54) is 6.07 Å². The monoisotopic (exact) mass is 293 g/mol. The fourth-order valence-electron chi connectivity index (χ4n) is 2.22. The third-order valence-electron chi connectivity index (χ3n) is 3.49. The second-order valence-electron chi connectivity index (χ2n) is 4.62. The Labute approximate surface area is 117 Å². The van der Waals surface area contributed by atoms with Crippen LogP contribution >= 0.6 is 12.4 Å². The van der Waals surface area contributed by atoms with Crippen molar-refractivity contribution in [2.45, 2.75) is 38.0 Å². The van der Waals surface area contributed by atoms with Gasteiger partial charge in [0.05, 0.1) is 12.1 Å². The van der Waals surface area contributed by atoms with E-state index in [-0.39, 0.29) is 24.1 Å². The first-order valence-electron chi connectivity index (χ1n) is 6.07. The van der Waals surface area contributed by atoms with Crippen LogP contribution in [0.2, 0.25) is 0 Å². The summed E-state index contributed by atoms with van der Waals surface area (Å²) < 4.78 is 29.0. The van der Waals surface area contributed by atoms with Gasteiger partial charge >= 0.3 is 6.61 Å². The molecule has 3 N–H and O–H groups in total. The SMILES string of the molecule is Cl.N[C@@H](c1ccccc1OC(F)F)[C@H](O)C1CCC1. The molecule has 0 aromatic heterocycles. The molecule has 2 atom stereocenters.